The quantitative estimate of drug-likeness (QED) is 0.474. The second-order valence-corrected chi connectivity index (χ2v) is 2.26. The molecule has 0 amide bonds. The Hall–Kier alpha value is -0.110. The maximum Gasteiger partial charge on any atom is 0.206 e. The molecule has 1 nitrogen and oxygen atoms in total. The van der Waals surface area contributed by atoms with Gasteiger partial charge in [0.2, 0.25) is 6.29 Å². The Morgan fingerprint density at radius 1 is 2.00 bits per heavy atom. The van der Waals surface area contributed by atoms with Gasteiger partial charge in [-0.05, 0) is 0 Å². The van der Waals surface area contributed by atoms with Crippen LogP contribution in [0.25, 0.3) is 0 Å². The van der Waals surface area contributed by atoms with E-state index in [2.05, 4.69) is 0 Å². The van der Waals surface area contributed by atoms with E-state index in [9.17, 15) is 9.18 Å². The van der Waals surface area contributed by atoms with E-state index < -0.39 is 11.0 Å². The molecule has 2 atom stereocenters. The molecular formula is C4H3ClFO. The molecule has 0 saturated heterocycles. The van der Waals surface area contributed by atoms with E-state index in [1.807, 2.05) is 0 Å². The molecule has 2 unspecified atom stereocenters. The molecule has 1 radical (unpaired) electrons. The molecule has 39 valence electrons. The van der Waals surface area contributed by atoms with Gasteiger partial charge in [0, 0.05) is 6.42 Å². The summed E-state index contributed by atoms with van der Waals surface area (Å²) in [5, 5.41) is -1.73. The number of hydrogen-bond donors (Lipinski definition) is 0. The number of hydrogen-bond acceptors (Lipinski definition) is 1. The van der Waals surface area contributed by atoms with Gasteiger partial charge >= 0.3 is 0 Å². The summed E-state index contributed by atoms with van der Waals surface area (Å²) in [5.41, 5.74) is 0. The standard InChI is InChI=1S/C4H3ClFO/c5-4(6)1-3(4)2-7/h3H,1H2. The Balaban J connectivity index is 2.44. The largest absolute Gasteiger partial charge is 0.290 e. The molecule has 0 N–H and O–H groups in total. The van der Waals surface area contributed by atoms with Gasteiger partial charge in [-0.2, -0.15) is 0 Å². The lowest BCUT2D eigenvalue weighted by molar-refractivity contribution is 0.410. The molecule has 1 fully saturated rings. The molecular weight excluding hydrogens is 118 g/mol. The van der Waals surface area contributed by atoms with Crippen LogP contribution in [0.4, 0.5) is 4.39 Å². The van der Waals surface area contributed by atoms with Crippen LogP contribution in [0.5, 0.6) is 0 Å². The number of carbonyl (C=O) groups excluding carboxylic acids is 1. The van der Waals surface area contributed by atoms with E-state index >= 15 is 0 Å². The van der Waals surface area contributed by atoms with Crippen molar-refractivity contribution in [2.24, 2.45) is 5.92 Å². The molecule has 0 aromatic rings. The summed E-state index contributed by atoms with van der Waals surface area (Å²) in [6.45, 7) is 0. The molecule has 0 bridgehead atoms. The maximum absolute atomic E-state index is 12.0. The zero-order chi connectivity index (χ0) is 5.49. The van der Waals surface area contributed by atoms with Crippen LogP contribution in [0, 0.1) is 5.92 Å². The molecule has 0 spiro atoms. The molecule has 7 heavy (non-hydrogen) atoms. The number of rotatable bonds is 1. The molecule has 3 heteroatoms. The highest BCUT2D eigenvalue weighted by atomic mass is 35.5. The summed E-state index contributed by atoms with van der Waals surface area (Å²) in [6.07, 6.45) is 1.61. The smallest absolute Gasteiger partial charge is 0.206 e. The zero-order valence-electron chi connectivity index (χ0n) is 3.45. The highest BCUT2D eigenvalue weighted by Gasteiger charge is 2.54. The van der Waals surface area contributed by atoms with Gasteiger partial charge in [0.05, 0.1) is 5.92 Å². The predicted molar refractivity (Wildman–Crippen MR) is 23.5 cm³/mol. The number of halogens is 2. The Labute approximate surface area is 45.5 Å². The van der Waals surface area contributed by atoms with Crippen LogP contribution in [0.3, 0.4) is 0 Å². The summed E-state index contributed by atoms with van der Waals surface area (Å²) < 4.78 is 12.0. The van der Waals surface area contributed by atoms with Gasteiger partial charge in [-0.3, -0.25) is 4.79 Å². The van der Waals surface area contributed by atoms with Gasteiger partial charge in [-0.15, -0.1) is 0 Å². The fraction of sp³-hybridized carbons (Fsp3) is 0.750. The first kappa shape index (κ1) is 5.04. The lowest BCUT2D eigenvalue weighted by Gasteiger charge is -1.82. The van der Waals surface area contributed by atoms with E-state index in [0.29, 0.717) is 0 Å². The summed E-state index contributed by atoms with van der Waals surface area (Å²) in [7, 11) is 0. The minimum Gasteiger partial charge on any atom is -0.290 e. The van der Waals surface area contributed by atoms with E-state index in [4.69, 9.17) is 11.6 Å². The van der Waals surface area contributed by atoms with Crippen molar-refractivity contribution < 1.29 is 9.18 Å². The van der Waals surface area contributed by atoms with E-state index in [1.165, 1.54) is 6.29 Å². The van der Waals surface area contributed by atoms with Crippen molar-refractivity contribution in [2.75, 3.05) is 0 Å². The second kappa shape index (κ2) is 1.19. The molecule has 0 heterocycles. The highest BCUT2D eigenvalue weighted by molar-refractivity contribution is 6.26. The molecule has 0 aliphatic heterocycles. The van der Waals surface area contributed by atoms with Crippen molar-refractivity contribution in [1.29, 1.82) is 0 Å². The summed E-state index contributed by atoms with van der Waals surface area (Å²) in [4.78, 5) is 9.53. The maximum atomic E-state index is 12.0. The van der Waals surface area contributed by atoms with Crippen molar-refractivity contribution in [3.05, 3.63) is 0 Å². The third-order valence-corrected chi connectivity index (χ3v) is 1.39. The van der Waals surface area contributed by atoms with Crippen molar-refractivity contribution in [3.8, 4) is 0 Å². The third kappa shape index (κ3) is 0.752. The van der Waals surface area contributed by atoms with Gasteiger partial charge in [-0.25, -0.2) is 4.39 Å². The van der Waals surface area contributed by atoms with Crippen molar-refractivity contribution >= 4 is 17.9 Å². The number of alkyl halides is 2. The minimum atomic E-state index is -1.73. The SMILES string of the molecule is O=[C]C1CC1(F)Cl. The summed E-state index contributed by atoms with van der Waals surface area (Å²) in [5.74, 6) is -0.658. The Morgan fingerprint density at radius 3 is 2.43 bits per heavy atom. The first-order chi connectivity index (χ1) is 3.17. The van der Waals surface area contributed by atoms with Crippen LogP contribution in [0.15, 0.2) is 0 Å². The highest BCUT2D eigenvalue weighted by Crippen LogP contribution is 2.49. The molecule has 1 rings (SSSR count). The van der Waals surface area contributed by atoms with Crippen LogP contribution in [0.2, 0.25) is 0 Å². The van der Waals surface area contributed by atoms with Gasteiger partial charge in [-0.1, -0.05) is 11.6 Å². The Kier molecular flexibility index (Phi) is 0.854. The van der Waals surface area contributed by atoms with Crippen LogP contribution in [-0.4, -0.2) is 11.4 Å². The fourth-order valence-electron chi connectivity index (χ4n) is 0.341. The first-order valence-corrected chi connectivity index (χ1v) is 2.30. The fourth-order valence-corrected chi connectivity index (χ4v) is 0.540. The first-order valence-electron chi connectivity index (χ1n) is 1.92. The predicted octanol–water partition coefficient (Wildman–Crippen LogP) is 1.02. The molecule has 0 aromatic heterocycles. The van der Waals surface area contributed by atoms with Gasteiger partial charge < -0.3 is 0 Å². The Bertz CT molecular complexity index is 102. The second-order valence-electron chi connectivity index (χ2n) is 1.64. The van der Waals surface area contributed by atoms with Crippen molar-refractivity contribution in [1.82, 2.24) is 0 Å². The van der Waals surface area contributed by atoms with Crippen LogP contribution in [-0.2, 0) is 4.79 Å². The normalized spacial score (nSPS) is 48.6. The molecule has 1 saturated carbocycles. The average molecular weight is 122 g/mol. The van der Waals surface area contributed by atoms with Crippen molar-refractivity contribution in [3.63, 3.8) is 0 Å². The average Bonchev–Trinajstić information content (AvgIpc) is 2.13. The Morgan fingerprint density at radius 2 is 2.43 bits per heavy atom. The van der Waals surface area contributed by atoms with Gasteiger partial charge in [0.15, 0.2) is 5.13 Å². The van der Waals surface area contributed by atoms with Gasteiger partial charge in [0.25, 0.3) is 0 Å². The molecule has 1 aliphatic carbocycles. The topological polar surface area (TPSA) is 17.1 Å². The van der Waals surface area contributed by atoms with Crippen LogP contribution in [0.1, 0.15) is 6.42 Å². The van der Waals surface area contributed by atoms with Crippen molar-refractivity contribution in [2.45, 2.75) is 11.5 Å². The lowest BCUT2D eigenvalue weighted by Crippen LogP contribution is -1.90. The molecule has 0 aromatic carbocycles. The van der Waals surface area contributed by atoms with E-state index in [0.717, 1.165) is 0 Å². The van der Waals surface area contributed by atoms with E-state index in [1.54, 1.807) is 0 Å². The lowest BCUT2D eigenvalue weighted by atomic mass is 10.5. The molecule has 1 aliphatic rings. The zero-order valence-corrected chi connectivity index (χ0v) is 4.20. The third-order valence-electron chi connectivity index (χ3n) is 0.968. The monoisotopic (exact) mass is 121 g/mol. The van der Waals surface area contributed by atoms with E-state index in [-0.39, 0.29) is 6.42 Å². The summed E-state index contributed by atoms with van der Waals surface area (Å²) >= 11 is 4.98. The van der Waals surface area contributed by atoms with Crippen LogP contribution < -0.4 is 0 Å². The minimum absolute atomic E-state index is 0.137. The van der Waals surface area contributed by atoms with Crippen LogP contribution >= 0.6 is 11.6 Å². The van der Waals surface area contributed by atoms with Gasteiger partial charge in [0.1, 0.15) is 0 Å². The summed E-state index contributed by atoms with van der Waals surface area (Å²) in [6, 6.07) is 0.